The molecule has 0 saturated heterocycles. The zero-order valence-corrected chi connectivity index (χ0v) is 9.92. The normalized spacial score (nSPS) is 14.9. The van der Waals surface area contributed by atoms with Crippen LogP contribution in [0.3, 0.4) is 0 Å². The Labute approximate surface area is 87.6 Å². The van der Waals surface area contributed by atoms with Crippen molar-refractivity contribution in [3.05, 3.63) is 0 Å². The Morgan fingerprint density at radius 3 is 2.43 bits per heavy atom. The van der Waals surface area contributed by atoms with Crippen LogP contribution in [0.5, 0.6) is 0 Å². The SMILES string of the molecule is CCC(C)N(C)C(=O)CCCC(C)N. The second-order valence-corrected chi connectivity index (χ2v) is 4.13. The Kier molecular flexibility index (Phi) is 6.54. The molecule has 0 spiro atoms. The minimum Gasteiger partial charge on any atom is -0.343 e. The molecular formula is C11H24N2O. The van der Waals surface area contributed by atoms with Gasteiger partial charge in [-0.3, -0.25) is 4.79 Å². The monoisotopic (exact) mass is 200 g/mol. The zero-order valence-electron chi connectivity index (χ0n) is 9.92. The van der Waals surface area contributed by atoms with Crippen molar-refractivity contribution in [3.63, 3.8) is 0 Å². The van der Waals surface area contributed by atoms with E-state index in [0.717, 1.165) is 19.3 Å². The van der Waals surface area contributed by atoms with E-state index < -0.39 is 0 Å². The standard InChI is InChI=1S/C11H24N2O/c1-5-10(3)13(4)11(14)8-6-7-9(2)12/h9-10H,5-8,12H2,1-4H3. The lowest BCUT2D eigenvalue weighted by Crippen LogP contribution is -2.34. The molecule has 0 aromatic heterocycles. The minimum atomic E-state index is 0.205. The second kappa shape index (κ2) is 6.82. The number of carbonyl (C=O) groups excluding carboxylic acids is 1. The van der Waals surface area contributed by atoms with Crippen molar-refractivity contribution < 1.29 is 4.79 Å². The van der Waals surface area contributed by atoms with Crippen LogP contribution in [0.25, 0.3) is 0 Å². The van der Waals surface area contributed by atoms with E-state index in [4.69, 9.17) is 5.73 Å². The molecule has 0 aromatic carbocycles. The second-order valence-electron chi connectivity index (χ2n) is 4.13. The molecule has 2 N–H and O–H groups in total. The maximum absolute atomic E-state index is 11.6. The van der Waals surface area contributed by atoms with Gasteiger partial charge in [-0.05, 0) is 33.1 Å². The van der Waals surface area contributed by atoms with Crippen molar-refractivity contribution in [1.82, 2.24) is 4.90 Å². The molecule has 0 rings (SSSR count). The summed E-state index contributed by atoms with van der Waals surface area (Å²) in [5.41, 5.74) is 5.62. The van der Waals surface area contributed by atoms with Crippen molar-refractivity contribution >= 4 is 5.91 Å². The molecule has 3 nitrogen and oxygen atoms in total. The highest BCUT2D eigenvalue weighted by Gasteiger charge is 2.13. The summed E-state index contributed by atoms with van der Waals surface area (Å²) >= 11 is 0. The predicted octanol–water partition coefficient (Wildman–Crippen LogP) is 1.76. The summed E-state index contributed by atoms with van der Waals surface area (Å²) in [5.74, 6) is 0.236. The fourth-order valence-corrected chi connectivity index (χ4v) is 1.27. The Morgan fingerprint density at radius 1 is 1.43 bits per heavy atom. The van der Waals surface area contributed by atoms with Gasteiger partial charge in [-0.2, -0.15) is 0 Å². The molecule has 84 valence electrons. The Bertz CT molecular complexity index is 169. The Balaban J connectivity index is 3.73. The van der Waals surface area contributed by atoms with Gasteiger partial charge < -0.3 is 10.6 Å². The van der Waals surface area contributed by atoms with Gasteiger partial charge in [-0.15, -0.1) is 0 Å². The van der Waals surface area contributed by atoms with Gasteiger partial charge in [0.05, 0.1) is 0 Å². The molecule has 2 atom stereocenters. The maximum Gasteiger partial charge on any atom is 0.222 e. The van der Waals surface area contributed by atoms with Crippen molar-refractivity contribution in [2.75, 3.05) is 7.05 Å². The lowest BCUT2D eigenvalue weighted by Gasteiger charge is -2.23. The molecule has 0 radical (unpaired) electrons. The van der Waals surface area contributed by atoms with Crippen molar-refractivity contribution in [3.8, 4) is 0 Å². The summed E-state index contributed by atoms with van der Waals surface area (Å²) in [6, 6.07) is 0.550. The Hall–Kier alpha value is -0.570. The van der Waals surface area contributed by atoms with Crippen LogP contribution in [0.15, 0.2) is 0 Å². The van der Waals surface area contributed by atoms with Gasteiger partial charge in [0.15, 0.2) is 0 Å². The average Bonchev–Trinajstić information content (AvgIpc) is 2.14. The quantitative estimate of drug-likeness (QED) is 0.710. The van der Waals surface area contributed by atoms with E-state index in [2.05, 4.69) is 13.8 Å². The predicted molar refractivity (Wildman–Crippen MR) is 60.0 cm³/mol. The van der Waals surface area contributed by atoms with Gasteiger partial charge in [0.2, 0.25) is 5.91 Å². The largest absolute Gasteiger partial charge is 0.343 e. The minimum absolute atomic E-state index is 0.205. The average molecular weight is 200 g/mol. The highest BCUT2D eigenvalue weighted by Crippen LogP contribution is 2.06. The van der Waals surface area contributed by atoms with E-state index in [-0.39, 0.29) is 11.9 Å². The summed E-state index contributed by atoms with van der Waals surface area (Å²) in [7, 11) is 1.88. The van der Waals surface area contributed by atoms with E-state index in [9.17, 15) is 4.79 Å². The van der Waals surface area contributed by atoms with E-state index in [1.54, 1.807) is 0 Å². The summed E-state index contributed by atoms with van der Waals surface area (Å²) in [4.78, 5) is 13.4. The van der Waals surface area contributed by atoms with E-state index in [0.29, 0.717) is 12.5 Å². The number of amides is 1. The summed E-state index contributed by atoms with van der Waals surface area (Å²) < 4.78 is 0. The van der Waals surface area contributed by atoms with Crippen LogP contribution in [0.4, 0.5) is 0 Å². The molecule has 0 aliphatic rings. The zero-order chi connectivity index (χ0) is 11.1. The van der Waals surface area contributed by atoms with Crippen LogP contribution in [-0.2, 0) is 4.79 Å². The van der Waals surface area contributed by atoms with Gasteiger partial charge >= 0.3 is 0 Å². The molecular weight excluding hydrogens is 176 g/mol. The number of hydrogen-bond acceptors (Lipinski definition) is 2. The molecule has 0 aliphatic heterocycles. The van der Waals surface area contributed by atoms with E-state index in [1.807, 2.05) is 18.9 Å². The Morgan fingerprint density at radius 2 is 2.00 bits per heavy atom. The highest BCUT2D eigenvalue weighted by atomic mass is 16.2. The number of nitrogens with two attached hydrogens (primary N) is 1. The number of hydrogen-bond donors (Lipinski definition) is 1. The van der Waals surface area contributed by atoms with Crippen molar-refractivity contribution in [2.45, 2.75) is 58.5 Å². The molecule has 3 heteroatoms. The molecule has 0 fully saturated rings. The van der Waals surface area contributed by atoms with Crippen LogP contribution in [0, 0.1) is 0 Å². The summed E-state index contributed by atoms with van der Waals surface area (Å²) in [6.45, 7) is 6.14. The van der Waals surface area contributed by atoms with E-state index in [1.165, 1.54) is 0 Å². The van der Waals surface area contributed by atoms with Gasteiger partial charge in [0.1, 0.15) is 0 Å². The lowest BCUT2D eigenvalue weighted by molar-refractivity contribution is -0.131. The topological polar surface area (TPSA) is 46.3 Å². The van der Waals surface area contributed by atoms with Gasteiger partial charge in [0, 0.05) is 25.6 Å². The lowest BCUT2D eigenvalue weighted by atomic mass is 10.1. The van der Waals surface area contributed by atoms with Gasteiger partial charge in [-0.25, -0.2) is 0 Å². The van der Waals surface area contributed by atoms with Crippen molar-refractivity contribution in [1.29, 1.82) is 0 Å². The maximum atomic E-state index is 11.6. The molecule has 1 amide bonds. The van der Waals surface area contributed by atoms with Gasteiger partial charge in [0.25, 0.3) is 0 Å². The third-order valence-corrected chi connectivity index (χ3v) is 2.70. The first-order valence-corrected chi connectivity index (χ1v) is 5.50. The first-order valence-electron chi connectivity index (χ1n) is 5.50. The third kappa shape index (κ3) is 5.22. The highest BCUT2D eigenvalue weighted by molar-refractivity contribution is 5.76. The molecule has 2 unspecified atom stereocenters. The third-order valence-electron chi connectivity index (χ3n) is 2.70. The van der Waals surface area contributed by atoms with Crippen LogP contribution in [-0.4, -0.2) is 29.9 Å². The first kappa shape index (κ1) is 13.4. The molecule has 0 heterocycles. The number of nitrogens with zero attached hydrogens (tertiary/aromatic N) is 1. The molecule has 14 heavy (non-hydrogen) atoms. The fraction of sp³-hybridized carbons (Fsp3) is 0.909. The molecule has 0 aliphatic carbocycles. The summed E-state index contributed by atoms with van der Waals surface area (Å²) in [5, 5.41) is 0. The van der Waals surface area contributed by atoms with Crippen LogP contribution >= 0.6 is 0 Å². The van der Waals surface area contributed by atoms with Crippen LogP contribution < -0.4 is 5.73 Å². The van der Waals surface area contributed by atoms with Crippen LogP contribution in [0.1, 0.15) is 46.5 Å². The molecule has 0 aromatic rings. The summed E-state index contributed by atoms with van der Waals surface area (Å²) in [6.07, 6.45) is 3.47. The fourth-order valence-electron chi connectivity index (χ4n) is 1.27. The number of carbonyl (C=O) groups is 1. The molecule has 0 bridgehead atoms. The number of rotatable bonds is 6. The smallest absolute Gasteiger partial charge is 0.222 e. The van der Waals surface area contributed by atoms with E-state index >= 15 is 0 Å². The van der Waals surface area contributed by atoms with Gasteiger partial charge in [-0.1, -0.05) is 6.92 Å². The first-order chi connectivity index (χ1) is 6.49. The van der Waals surface area contributed by atoms with Crippen molar-refractivity contribution in [2.24, 2.45) is 5.73 Å². The van der Waals surface area contributed by atoms with Crippen LogP contribution in [0.2, 0.25) is 0 Å². The molecule has 0 saturated carbocycles.